The van der Waals surface area contributed by atoms with Crippen molar-refractivity contribution in [1.29, 1.82) is 0 Å². The van der Waals surface area contributed by atoms with Gasteiger partial charge in [0.05, 0.1) is 25.5 Å². The van der Waals surface area contributed by atoms with Gasteiger partial charge in [-0.25, -0.2) is 9.37 Å². The summed E-state index contributed by atoms with van der Waals surface area (Å²) in [5, 5.41) is 5.76. The lowest BCUT2D eigenvalue weighted by molar-refractivity contribution is -0.138. The van der Waals surface area contributed by atoms with Gasteiger partial charge in [-0.15, -0.1) is 11.3 Å². The third kappa shape index (κ3) is 5.39. The van der Waals surface area contributed by atoms with Crippen LogP contribution < -0.4 is 10.2 Å². The highest BCUT2D eigenvalue weighted by atomic mass is 32.1. The number of carbonyl (C=O) groups is 3. The molecule has 1 aromatic carbocycles. The molecular weight excluding hydrogens is 499 g/mol. The minimum Gasteiger partial charge on any atom is -0.378 e. The standard InChI is InChI=1S/C26H31FN4O5S/c1-15(2)11-19(25(34)31-12-18(27)23-22(31)21(32)13-36-23)28-24(33)17-5-3-16(4-6-17)20-14-37-26(29-20)30-7-9-35-10-8-30/h3-6,14-15,18-19,22-23H,7-13H2,1-2H3,(H,28,33)/t18-,19?,22+,23+/m0/s1. The molecule has 3 aliphatic heterocycles. The van der Waals surface area contributed by atoms with E-state index >= 15 is 0 Å². The number of nitrogens with one attached hydrogen (secondary N) is 1. The zero-order valence-electron chi connectivity index (χ0n) is 20.9. The van der Waals surface area contributed by atoms with Crippen LogP contribution in [0.5, 0.6) is 0 Å². The van der Waals surface area contributed by atoms with E-state index in [1.54, 1.807) is 23.5 Å². The smallest absolute Gasteiger partial charge is 0.251 e. The molecule has 1 N–H and O–H groups in total. The van der Waals surface area contributed by atoms with E-state index in [4.69, 9.17) is 14.5 Å². The molecule has 5 rings (SSSR count). The minimum atomic E-state index is -1.42. The van der Waals surface area contributed by atoms with Crippen molar-refractivity contribution in [3.63, 3.8) is 0 Å². The van der Waals surface area contributed by atoms with Gasteiger partial charge in [0, 0.05) is 29.6 Å². The molecule has 9 nitrogen and oxygen atoms in total. The van der Waals surface area contributed by atoms with Crippen LogP contribution in [-0.2, 0) is 19.1 Å². The predicted octanol–water partition coefficient (Wildman–Crippen LogP) is 2.31. The van der Waals surface area contributed by atoms with Crippen molar-refractivity contribution in [2.75, 3.05) is 44.4 Å². The second-order valence-electron chi connectivity index (χ2n) is 10.0. The number of amides is 2. The van der Waals surface area contributed by atoms with Crippen LogP contribution in [-0.4, -0.2) is 91.3 Å². The molecule has 0 radical (unpaired) electrons. The van der Waals surface area contributed by atoms with Crippen LogP contribution in [0.25, 0.3) is 11.3 Å². The number of fused-ring (bicyclic) bond motifs is 1. The summed E-state index contributed by atoms with van der Waals surface area (Å²) in [6, 6.07) is 5.27. The Balaban J connectivity index is 1.27. The summed E-state index contributed by atoms with van der Waals surface area (Å²) in [4.78, 5) is 46.9. The van der Waals surface area contributed by atoms with Gasteiger partial charge in [-0.05, 0) is 24.5 Å². The van der Waals surface area contributed by atoms with Gasteiger partial charge in [0.2, 0.25) is 5.91 Å². The van der Waals surface area contributed by atoms with Crippen molar-refractivity contribution in [1.82, 2.24) is 15.2 Å². The van der Waals surface area contributed by atoms with E-state index < -0.39 is 36.2 Å². The Hall–Kier alpha value is -2.89. The molecule has 2 aromatic rings. The molecule has 3 fully saturated rings. The first-order valence-corrected chi connectivity index (χ1v) is 13.5. The minimum absolute atomic E-state index is 0.0945. The first kappa shape index (κ1) is 25.7. The van der Waals surface area contributed by atoms with Crippen LogP contribution >= 0.6 is 11.3 Å². The van der Waals surface area contributed by atoms with Crippen LogP contribution in [0.1, 0.15) is 30.6 Å². The van der Waals surface area contributed by atoms with Gasteiger partial charge >= 0.3 is 0 Å². The van der Waals surface area contributed by atoms with Crippen LogP contribution in [0.15, 0.2) is 29.6 Å². The Bertz CT molecular complexity index is 1150. The number of ether oxygens (including phenoxy) is 2. The maximum atomic E-state index is 14.4. The maximum absolute atomic E-state index is 14.4. The molecule has 4 heterocycles. The van der Waals surface area contributed by atoms with E-state index in [2.05, 4.69) is 10.2 Å². The van der Waals surface area contributed by atoms with E-state index in [0.717, 1.165) is 29.5 Å². The van der Waals surface area contributed by atoms with Crippen LogP contribution in [0, 0.1) is 5.92 Å². The fourth-order valence-corrected chi connectivity index (χ4v) is 5.94. The highest BCUT2D eigenvalue weighted by Gasteiger charge is 2.53. The summed E-state index contributed by atoms with van der Waals surface area (Å²) in [7, 11) is 0. The SMILES string of the molecule is CC(C)CC(NC(=O)c1ccc(-c2csc(N3CCOCC3)n2)cc1)C(=O)N1C[C@H](F)[C@H]2OCC(=O)[C@H]21. The number of anilines is 1. The van der Waals surface area contributed by atoms with E-state index in [1.165, 1.54) is 4.90 Å². The molecule has 3 saturated heterocycles. The zero-order chi connectivity index (χ0) is 26.1. The summed E-state index contributed by atoms with van der Waals surface area (Å²) in [6.45, 7) is 6.48. The molecule has 0 saturated carbocycles. The number of hydrogen-bond acceptors (Lipinski definition) is 8. The van der Waals surface area contributed by atoms with Gasteiger partial charge in [0.25, 0.3) is 5.91 Å². The molecule has 0 spiro atoms. The molecule has 0 aliphatic carbocycles. The van der Waals surface area contributed by atoms with Crippen molar-refractivity contribution in [2.24, 2.45) is 5.92 Å². The van der Waals surface area contributed by atoms with E-state index in [9.17, 15) is 18.8 Å². The molecular formula is C26H31FN4O5S. The quantitative estimate of drug-likeness (QED) is 0.586. The average molecular weight is 531 g/mol. The maximum Gasteiger partial charge on any atom is 0.251 e. The third-order valence-electron chi connectivity index (χ3n) is 6.93. The second-order valence-corrected chi connectivity index (χ2v) is 10.9. The summed E-state index contributed by atoms with van der Waals surface area (Å²) < 4.78 is 25.1. The average Bonchev–Trinajstić information content (AvgIpc) is 3.62. The monoisotopic (exact) mass is 530 g/mol. The molecule has 0 bridgehead atoms. The van der Waals surface area contributed by atoms with E-state index in [-0.39, 0.29) is 24.9 Å². The van der Waals surface area contributed by atoms with Crippen LogP contribution in [0.4, 0.5) is 9.52 Å². The Morgan fingerprint density at radius 2 is 1.95 bits per heavy atom. The molecule has 198 valence electrons. The number of benzene rings is 1. The number of aromatic nitrogens is 1. The van der Waals surface area contributed by atoms with Crippen molar-refractivity contribution in [3.8, 4) is 11.3 Å². The third-order valence-corrected chi connectivity index (χ3v) is 7.83. The number of nitrogens with zero attached hydrogens (tertiary/aromatic N) is 3. The topological polar surface area (TPSA) is 101 Å². The van der Waals surface area contributed by atoms with Gasteiger partial charge in [-0.3, -0.25) is 14.4 Å². The number of halogens is 1. The number of ketones is 1. The highest BCUT2D eigenvalue weighted by molar-refractivity contribution is 7.14. The molecule has 3 aliphatic rings. The number of rotatable bonds is 7. The van der Waals surface area contributed by atoms with Gasteiger partial charge < -0.3 is 24.6 Å². The van der Waals surface area contributed by atoms with E-state index in [0.29, 0.717) is 25.2 Å². The fraction of sp³-hybridized carbons (Fsp3) is 0.538. The number of likely N-dealkylation sites (tertiary alicyclic amines) is 1. The molecule has 4 atom stereocenters. The first-order chi connectivity index (χ1) is 17.8. The number of hydrogen-bond donors (Lipinski definition) is 1. The van der Waals surface area contributed by atoms with Crippen molar-refractivity contribution in [2.45, 2.75) is 44.6 Å². The molecule has 11 heteroatoms. The van der Waals surface area contributed by atoms with Gasteiger partial charge in [-0.2, -0.15) is 0 Å². The number of carbonyl (C=O) groups excluding carboxylic acids is 3. The lowest BCUT2D eigenvalue weighted by Gasteiger charge is -2.28. The summed E-state index contributed by atoms with van der Waals surface area (Å²) >= 11 is 1.58. The molecule has 2 amide bonds. The van der Waals surface area contributed by atoms with Gasteiger partial charge in [0.1, 0.15) is 31.0 Å². The first-order valence-electron chi connectivity index (χ1n) is 12.6. The summed E-state index contributed by atoms with van der Waals surface area (Å²) in [5.74, 6) is -1.07. The lowest BCUT2D eigenvalue weighted by atomic mass is 10.0. The number of Topliss-reactive ketones (excluding diaryl/α,β-unsaturated/α-hetero) is 1. The van der Waals surface area contributed by atoms with Gasteiger partial charge in [0.15, 0.2) is 10.9 Å². The molecule has 1 aromatic heterocycles. The fourth-order valence-electron chi connectivity index (χ4n) is 5.05. The second kappa shape index (κ2) is 10.8. The van der Waals surface area contributed by atoms with Crippen molar-refractivity contribution in [3.05, 3.63) is 35.2 Å². The number of thiazole rings is 1. The summed E-state index contributed by atoms with van der Waals surface area (Å²) in [6.07, 6.45) is -1.97. The Morgan fingerprint density at radius 1 is 1.22 bits per heavy atom. The van der Waals surface area contributed by atoms with Crippen molar-refractivity contribution < 1.29 is 28.2 Å². The Kier molecular flexibility index (Phi) is 7.55. The van der Waals surface area contributed by atoms with Crippen LogP contribution in [0.3, 0.4) is 0 Å². The largest absolute Gasteiger partial charge is 0.378 e. The number of alkyl halides is 1. The van der Waals surface area contributed by atoms with Gasteiger partial charge in [-0.1, -0.05) is 26.0 Å². The lowest BCUT2D eigenvalue weighted by Crippen LogP contribution is -2.52. The highest BCUT2D eigenvalue weighted by Crippen LogP contribution is 2.31. The normalized spacial score (nSPS) is 24.4. The van der Waals surface area contributed by atoms with E-state index in [1.807, 2.05) is 31.4 Å². The zero-order valence-corrected chi connectivity index (χ0v) is 21.7. The predicted molar refractivity (Wildman–Crippen MR) is 136 cm³/mol. The van der Waals surface area contributed by atoms with Crippen molar-refractivity contribution >= 4 is 34.1 Å². The molecule has 1 unspecified atom stereocenters. The van der Waals surface area contributed by atoms with Crippen LogP contribution in [0.2, 0.25) is 0 Å². The summed E-state index contributed by atoms with van der Waals surface area (Å²) in [5.41, 5.74) is 2.12. The Labute approximate surface area is 218 Å². The number of morpholine rings is 1. The Morgan fingerprint density at radius 3 is 2.65 bits per heavy atom. The molecule has 37 heavy (non-hydrogen) atoms.